The van der Waals surface area contributed by atoms with Gasteiger partial charge >= 0.3 is 0 Å². The van der Waals surface area contributed by atoms with Crippen LogP contribution in [0, 0.1) is 0 Å². The molecule has 2 heterocycles. The van der Waals surface area contributed by atoms with Gasteiger partial charge in [-0.15, -0.1) is 0 Å². The first kappa shape index (κ1) is 20.4. The van der Waals surface area contributed by atoms with Crippen molar-refractivity contribution in [2.45, 2.75) is 38.1 Å². The van der Waals surface area contributed by atoms with Crippen LogP contribution < -0.4 is 9.62 Å². The van der Waals surface area contributed by atoms with Crippen molar-refractivity contribution in [3.63, 3.8) is 0 Å². The largest absolute Gasteiger partial charge is 0.356 e. The third-order valence-electron chi connectivity index (χ3n) is 6.25. The van der Waals surface area contributed by atoms with E-state index in [1.807, 2.05) is 12.1 Å². The van der Waals surface area contributed by atoms with Gasteiger partial charge in [-0.3, -0.25) is 9.10 Å². The van der Waals surface area contributed by atoms with Gasteiger partial charge in [0, 0.05) is 28.7 Å². The molecule has 0 spiro atoms. The number of nitrogens with one attached hydrogen (secondary N) is 2. The van der Waals surface area contributed by atoms with Gasteiger partial charge in [0.25, 0.3) is 5.91 Å². The van der Waals surface area contributed by atoms with Gasteiger partial charge in [0.05, 0.1) is 22.5 Å². The number of rotatable bonds is 3. The van der Waals surface area contributed by atoms with Crippen molar-refractivity contribution >= 4 is 44.1 Å². The van der Waals surface area contributed by atoms with Crippen molar-refractivity contribution in [1.82, 2.24) is 10.3 Å². The van der Waals surface area contributed by atoms with Crippen LogP contribution >= 0.6 is 11.6 Å². The van der Waals surface area contributed by atoms with E-state index in [0.29, 0.717) is 29.2 Å². The van der Waals surface area contributed by atoms with Crippen molar-refractivity contribution < 1.29 is 13.2 Å². The van der Waals surface area contributed by atoms with E-state index in [1.165, 1.54) is 15.3 Å². The number of anilines is 1. The van der Waals surface area contributed by atoms with Crippen LogP contribution in [0.3, 0.4) is 0 Å². The molecule has 31 heavy (non-hydrogen) atoms. The molecule has 0 bridgehead atoms. The number of nitrogens with zero attached hydrogens (tertiary/aromatic N) is 1. The number of sulfonamides is 1. The van der Waals surface area contributed by atoms with E-state index < -0.39 is 10.0 Å². The molecule has 1 saturated heterocycles. The van der Waals surface area contributed by atoms with Crippen molar-refractivity contribution in [2.75, 3.05) is 16.6 Å². The number of carbonyl (C=O) groups excluding carboxylic acids is 1. The van der Waals surface area contributed by atoms with E-state index in [4.69, 9.17) is 11.6 Å². The zero-order chi connectivity index (χ0) is 21.6. The highest BCUT2D eigenvalue weighted by Crippen LogP contribution is 2.35. The summed E-state index contributed by atoms with van der Waals surface area (Å²) in [5.41, 5.74) is 4.20. The summed E-state index contributed by atoms with van der Waals surface area (Å²) in [5.74, 6) is -0.130. The molecule has 2 N–H and O–H groups in total. The molecule has 1 aromatic heterocycles. The van der Waals surface area contributed by atoms with E-state index in [1.54, 1.807) is 18.2 Å². The number of aryl methyl sites for hydroxylation is 1. The number of amides is 1. The topological polar surface area (TPSA) is 82.3 Å². The number of halogens is 1. The Kier molecular flexibility index (Phi) is 5.18. The van der Waals surface area contributed by atoms with Gasteiger partial charge in [-0.2, -0.15) is 0 Å². The number of hydrogen-bond acceptors (Lipinski definition) is 3. The molecule has 0 radical (unpaired) electrons. The van der Waals surface area contributed by atoms with Gasteiger partial charge < -0.3 is 10.3 Å². The Labute approximate surface area is 186 Å². The van der Waals surface area contributed by atoms with E-state index in [0.717, 1.165) is 36.9 Å². The molecule has 8 heteroatoms. The summed E-state index contributed by atoms with van der Waals surface area (Å²) in [6.45, 7) is 0.383. The first-order chi connectivity index (χ1) is 14.9. The first-order valence-corrected chi connectivity index (χ1v) is 12.6. The molecular formula is C23H24ClN3O3S. The van der Waals surface area contributed by atoms with Crippen molar-refractivity contribution in [1.29, 1.82) is 0 Å². The molecule has 2 aliphatic rings. The number of aromatic amines is 1. The number of aromatic nitrogens is 1. The number of benzene rings is 2. The highest BCUT2D eigenvalue weighted by Gasteiger charge is 2.29. The number of fused-ring (bicyclic) bond motifs is 3. The van der Waals surface area contributed by atoms with E-state index in [2.05, 4.69) is 22.4 Å². The number of hydrogen-bond donors (Lipinski definition) is 2. The molecular weight excluding hydrogens is 434 g/mol. The average Bonchev–Trinajstić information content (AvgIpc) is 3.14. The summed E-state index contributed by atoms with van der Waals surface area (Å²) in [7, 11) is -3.41. The molecule has 1 aliphatic heterocycles. The lowest BCUT2D eigenvalue weighted by atomic mass is 9.91. The summed E-state index contributed by atoms with van der Waals surface area (Å²) in [4.78, 5) is 16.6. The third-order valence-corrected chi connectivity index (χ3v) is 8.42. The Morgan fingerprint density at radius 1 is 1.13 bits per heavy atom. The monoisotopic (exact) mass is 457 g/mol. The standard InChI is InChI=1S/C23H24ClN3O3S/c24-18-11-10-15(14-21(18)27-12-3-4-13-31(27,29)30)23(28)26-20-9-5-7-17-16-6-1-2-8-19(16)25-22(17)20/h1-2,6,8,10-11,14,20,25H,3-5,7,9,12-13H2,(H,26,28)/t20-/m0/s1. The fraction of sp³-hybridized carbons (Fsp3) is 0.348. The lowest BCUT2D eigenvalue weighted by Crippen LogP contribution is -2.38. The number of H-pyrrole nitrogens is 1. The Bertz CT molecular complexity index is 1270. The minimum atomic E-state index is -3.41. The maximum atomic E-state index is 13.1. The summed E-state index contributed by atoms with van der Waals surface area (Å²) in [5, 5.41) is 4.68. The minimum Gasteiger partial charge on any atom is -0.356 e. The van der Waals surface area contributed by atoms with Gasteiger partial charge in [0.2, 0.25) is 10.0 Å². The van der Waals surface area contributed by atoms with Crippen LogP contribution in [0.25, 0.3) is 10.9 Å². The van der Waals surface area contributed by atoms with E-state index in [9.17, 15) is 13.2 Å². The van der Waals surface area contributed by atoms with Crippen LogP contribution in [0.1, 0.15) is 53.3 Å². The fourth-order valence-corrected chi connectivity index (χ4v) is 6.62. The molecule has 162 valence electrons. The number of carbonyl (C=O) groups is 1. The second-order valence-corrected chi connectivity index (χ2v) is 10.7. The molecule has 5 rings (SSSR count). The first-order valence-electron chi connectivity index (χ1n) is 10.6. The van der Waals surface area contributed by atoms with Gasteiger partial charge in [-0.25, -0.2) is 8.42 Å². The third kappa shape index (κ3) is 3.70. The zero-order valence-electron chi connectivity index (χ0n) is 17.0. The molecule has 1 atom stereocenters. The SMILES string of the molecule is O=C(N[C@H]1CCCc2c1[nH]c1ccccc21)c1ccc(Cl)c(N2CCCCS2(=O)=O)c1. The highest BCUT2D eigenvalue weighted by atomic mass is 35.5. The minimum absolute atomic E-state index is 0.102. The smallest absolute Gasteiger partial charge is 0.251 e. The molecule has 3 aromatic rings. The maximum Gasteiger partial charge on any atom is 0.251 e. The van der Waals surface area contributed by atoms with Crippen LogP contribution in [0.5, 0.6) is 0 Å². The second-order valence-electron chi connectivity index (χ2n) is 8.24. The van der Waals surface area contributed by atoms with Crippen molar-refractivity contribution in [3.8, 4) is 0 Å². The summed E-state index contributed by atoms with van der Waals surface area (Å²) in [6, 6.07) is 12.9. The van der Waals surface area contributed by atoms with Gasteiger partial charge in [0.15, 0.2) is 0 Å². The van der Waals surface area contributed by atoms with Crippen LogP contribution in [0.15, 0.2) is 42.5 Å². The number of para-hydroxylation sites is 1. The maximum absolute atomic E-state index is 13.1. The Balaban J connectivity index is 1.43. The summed E-state index contributed by atoms with van der Waals surface area (Å²) in [6.07, 6.45) is 4.26. The Morgan fingerprint density at radius 3 is 2.81 bits per heavy atom. The van der Waals surface area contributed by atoms with Crippen LogP contribution in [-0.4, -0.2) is 31.6 Å². The van der Waals surface area contributed by atoms with Crippen molar-refractivity contribution in [3.05, 3.63) is 64.3 Å². The molecule has 1 aliphatic carbocycles. The predicted molar refractivity (Wildman–Crippen MR) is 123 cm³/mol. The van der Waals surface area contributed by atoms with Crippen molar-refractivity contribution in [2.24, 2.45) is 0 Å². The summed E-state index contributed by atoms with van der Waals surface area (Å²) < 4.78 is 26.4. The van der Waals surface area contributed by atoms with E-state index >= 15 is 0 Å². The van der Waals surface area contributed by atoms with Crippen LogP contribution in [0.4, 0.5) is 5.69 Å². The quantitative estimate of drug-likeness (QED) is 0.604. The average molecular weight is 458 g/mol. The Morgan fingerprint density at radius 2 is 1.97 bits per heavy atom. The lowest BCUT2D eigenvalue weighted by Gasteiger charge is -2.29. The lowest BCUT2D eigenvalue weighted by molar-refractivity contribution is 0.0932. The van der Waals surface area contributed by atoms with Crippen LogP contribution in [-0.2, 0) is 16.4 Å². The molecule has 2 aromatic carbocycles. The normalized spacial score (nSPS) is 20.4. The molecule has 6 nitrogen and oxygen atoms in total. The zero-order valence-corrected chi connectivity index (χ0v) is 18.6. The van der Waals surface area contributed by atoms with Gasteiger partial charge in [-0.05, 0) is 61.9 Å². The highest BCUT2D eigenvalue weighted by molar-refractivity contribution is 7.92. The molecule has 0 saturated carbocycles. The predicted octanol–water partition coefficient (Wildman–Crippen LogP) is 4.56. The van der Waals surface area contributed by atoms with Gasteiger partial charge in [-0.1, -0.05) is 29.8 Å². The van der Waals surface area contributed by atoms with E-state index in [-0.39, 0.29) is 17.7 Å². The second kappa shape index (κ2) is 7.88. The molecule has 0 unspecified atom stereocenters. The fourth-order valence-electron chi connectivity index (χ4n) is 4.71. The molecule has 1 fully saturated rings. The summed E-state index contributed by atoms with van der Waals surface area (Å²) >= 11 is 6.32. The Hall–Kier alpha value is -2.51. The van der Waals surface area contributed by atoms with Crippen LogP contribution in [0.2, 0.25) is 5.02 Å². The molecule has 1 amide bonds. The van der Waals surface area contributed by atoms with Gasteiger partial charge in [0.1, 0.15) is 0 Å².